The standard InChI is InChI=1S/C23H24ClF3N4O3/c1-13-10-20(32)28-18-6-4-5-7-19(18)31(13)21(33)12-30(3)14(2)22(34)29-17-9-8-15(24)11-16(17)23(25,26)27/h4-9,11,13-14H,10,12H2,1-3H3,(H,28,32)(H,29,34)/t13-,14+/m1/s1. The highest BCUT2D eigenvalue weighted by atomic mass is 35.5. The Morgan fingerprint density at radius 3 is 2.62 bits per heavy atom. The summed E-state index contributed by atoms with van der Waals surface area (Å²) in [6.45, 7) is 3.03. The van der Waals surface area contributed by atoms with Crippen LogP contribution in [0, 0.1) is 0 Å². The lowest BCUT2D eigenvalue weighted by molar-refractivity contribution is -0.137. The van der Waals surface area contributed by atoms with Gasteiger partial charge in [-0.2, -0.15) is 13.2 Å². The summed E-state index contributed by atoms with van der Waals surface area (Å²) in [5, 5.41) is 4.94. The molecule has 1 aliphatic heterocycles. The number of nitrogens with one attached hydrogen (secondary N) is 2. The minimum Gasteiger partial charge on any atom is -0.324 e. The minimum atomic E-state index is -4.71. The van der Waals surface area contributed by atoms with Crippen molar-refractivity contribution in [1.82, 2.24) is 4.90 Å². The van der Waals surface area contributed by atoms with Gasteiger partial charge in [-0.1, -0.05) is 23.7 Å². The van der Waals surface area contributed by atoms with Gasteiger partial charge in [0.05, 0.1) is 35.2 Å². The number of benzene rings is 2. The zero-order chi connectivity index (χ0) is 25.2. The Morgan fingerprint density at radius 1 is 1.26 bits per heavy atom. The third-order valence-corrected chi connectivity index (χ3v) is 5.83. The molecule has 2 N–H and O–H groups in total. The van der Waals surface area contributed by atoms with Gasteiger partial charge in [-0.05, 0) is 51.2 Å². The zero-order valence-electron chi connectivity index (χ0n) is 18.7. The molecule has 0 spiro atoms. The van der Waals surface area contributed by atoms with Gasteiger partial charge in [0.25, 0.3) is 0 Å². The molecule has 2 atom stereocenters. The molecule has 11 heteroatoms. The Kier molecular flexibility index (Phi) is 7.52. The molecule has 0 aliphatic carbocycles. The van der Waals surface area contributed by atoms with Crippen LogP contribution in [0.4, 0.5) is 30.2 Å². The lowest BCUT2D eigenvalue weighted by Crippen LogP contribution is -2.48. The Hall–Kier alpha value is -3.11. The number of halogens is 4. The van der Waals surface area contributed by atoms with Crippen LogP contribution in [0.25, 0.3) is 0 Å². The molecule has 0 unspecified atom stereocenters. The summed E-state index contributed by atoms with van der Waals surface area (Å²) in [4.78, 5) is 41.0. The number of carbonyl (C=O) groups excluding carboxylic acids is 3. The van der Waals surface area contributed by atoms with Crippen molar-refractivity contribution >= 4 is 46.4 Å². The van der Waals surface area contributed by atoms with E-state index < -0.39 is 35.4 Å². The summed E-state index contributed by atoms with van der Waals surface area (Å²) in [7, 11) is 1.52. The third kappa shape index (κ3) is 5.68. The molecule has 1 heterocycles. The smallest absolute Gasteiger partial charge is 0.324 e. The molecule has 0 bridgehead atoms. The molecule has 0 fully saturated rings. The third-order valence-electron chi connectivity index (χ3n) is 5.60. The second-order valence-corrected chi connectivity index (χ2v) is 8.59. The van der Waals surface area contributed by atoms with Gasteiger partial charge in [0.15, 0.2) is 0 Å². The van der Waals surface area contributed by atoms with Gasteiger partial charge in [-0.3, -0.25) is 19.3 Å². The largest absolute Gasteiger partial charge is 0.418 e. The number of anilines is 3. The van der Waals surface area contributed by atoms with Crippen LogP contribution >= 0.6 is 11.6 Å². The molecular formula is C23H24ClF3N4O3. The van der Waals surface area contributed by atoms with Crippen LogP contribution in [-0.4, -0.2) is 48.3 Å². The van der Waals surface area contributed by atoms with E-state index in [0.717, 1.165) is 12.1 Å². The number of alkyl halides is 3. The van der Waals surface area contributed by atoms with Crippen LogP contribution in [0.1, 0.15) is 25.8 Å². The molecular weight excluding hydrogens is 473 g/mol. The van der Waals surface area contributed by atoms with E-state index in [0.29, 0.717) is 11.4 Å². The number of amides is 3. The Bertz CT molecular complexity index is 1110. The Morgan fingerprint density at radius 2 is 1.94 bits per heavy atom. The van der Waals surface area contributed by atoms with Crippen LogP contribution in [0.15, 0.2) is 42.5 Å². The fourth-order valence-electron chi connectivity index (χ4n) is 3.69. The number of nitrogens with zero attached hydrogens (tertiary/aromatic N) is 2. The maximum atomic E-state index is 13.3. The van der Waals surface area contributed by atoms with E-state index in [-0.39, 0.29) is 29.8 Å². The summed E-state index contributed by atoms with van der Waals surface area (Å²) in [5.41, 5.74) is -0.451. The lowest BCUT2D eigenvalue weighted by Gasteiger charge is -2.31. The molecule has 1 aliphatic rings. The van der Waals surface area contributed by atoms with Crippen molar-refractivity contribution in [2.75, 3.05) is 29.1 Å². The van der Waals surface area contributed by atoms with E-state index >= 15 is 0 Å². The lowest BCUT2D eigenvalue weighted by atomic mass is 10.1. The van der Waals surface area contributed by atoms with Gasteiger partial charge in [0.1, 0.15) is 0 Å². The quantitative estimate of drug-likeness (QED) is 0.643. The van der Waals surface area contributed by atoms with Gasteiger partial charge in [0, 0.05) is 17.5 Å². The number of rotatable bonds is 5. The Labute approximate surface area is 199 Å². The first kappa shape index (κ1) is 25.5. The summed E-state index contributed by atoms with van der Waals surface area (Å²) in [6.07, 6.45) is -4.61. The summed E-state index contributed by atoms with van der Waals surface area (Å²) in [6, 6.07) is 8.59. The second-order valence-electron chi connectivity index (χ2n) is 8.15. The highest BCUT2D eigenvalue weighted by Gasteiger charge is 2.35. The number of likely N-dealkylation sites (N-methyl/N-ethyl adjacent to an activating group) is 1. The van der Waals surface area contributed by atoms with Crippen LogP contribution in [0.3, 0.4) is 0 Å². The average molecular weight is 497 g/mol. The fourth-order valence-corrected chi connectivity index (χ4v) is 3.86. The highest BCUT2D eigenvalue weighted by molar-refractivity contribution is 6.30. The number of hydrogen-bond donors (Lipinski definition) is 2. The summed E-state index contributed by atoms with van der Waals surface area (Å²) < 4.78 is 40.0. The fraction of sp³-hybridized carbons (Fsp3) is 0.348. The Balaban J connectivity index is 1.75. The van der Waals surface area contributed by atoms with Crippen molar-refractivity contribution in [2.45, 2.75) is 38.5 Å². The van der Waals surface area contributed by atoms with Gasteiger partial charge < -0.3 is 15.5 Å². The molecule has 0 aromatic heterocycles. The molecule has 2 aromatic carbocycles. The molecule has 2 aromatic rings. The molecule has 3 rings (SSSR count). The van der Waals surface area contributed by atoms with Crippen molar-refractivity contribution in [3.05, 3.63) is 53.1 Å². The normalized spacial score (nSPS) is 17.0. The van der Waals surface area contributed by atoms with Gasteiger partial charge >= 0.3 is 6.18 Å². The molecule has 0 radical (unpaired) electrons. The first-order valence-corrected chi connectivity index (χ1v) is 10.8. The molecule has 7 nitrogen and oxygen atoms in total. The monoisotopic (exact) mass is 496 g/mol. The van der Waals surface area contributed by atoms with Crippen LogP contribution < -0.4 is 15.5 Å². The van der Waals surface area contributed by atoms with Crippen molar-refractivity contribution in [2.24, 2.45) is 0 Å². The second kappa shape index (κ2) is 10.0. The predicted molar refractivity (Wildman–Crippen MR) is 124 cm³/mol. The maximum absolute atomic E-state index is 13.3. The van der Waals surface area contributed by atoms with Crippen LogP contribution in [0.5, 0.6) is 0 Å². The van der Waals surface area contributed by atoms with Gasteiger partial charge in [0.2, 0.25) is 17.7 Å². The average Bonchev–Trinajstić information content (AvgIpc) is 2.87. The highest BCUT2D eigenvalue weighted by Crippen LogP contribution is 2.36. The maximum Gasteiger partial charge on any atom is 0.418 e. The van der Waals surface area contributed by atoms with E-state index in [1.165, 1.54) is 29.8 Å². The molecule has 3 amide bonds. The van der Waals surface area contributed by atoms with E-state index in [1.807, 2.05) is 0 Å². The molecule has 34 heavy (non-hydrogen) atoms. The van der Waals surface area contributed by atoms with Crippen LogP contribution in [-0.2, 0) is 20.6 Å². The number of carbonyl (C=O) groups is 3. The van der Waals surface area contributed by atoms with Crippen molar-refractivity contribution in [3.63, 3.8) is 0 Å². The van der Waals surface area contributed by atoms with Crippen molar-refractivity contribution < 1.29 is 27.6 Å². The van der Waals surface area contributed by atoms with E-state index in [2.05, 4.69) is 10.6 Å². The number of para-hydroxylation sites is 2. The molecule has 0 saturated heterocycles. The topological polar surface area (TPSA) is 81.8 Å². The molecule has 182 valence electrons. The van der Waals surface area contributed by atoms with Crippen LogP contribution in [0.2, 0.25) is 5.02 Å². The van der Waals surface area contributed by atoms with E-state index in [1.54, 1.807) is 31.2 Å². The first-order chi connectivity index (χ1) is 15.9. The van der Waals surface area contributed by atoms with E-state index in [9.17, 15) is 27.6 Å². The summed E-state index contributed by atoms with van der Waals surface area (Å²) >= 11 is 5.68. The van der Waals surface area contributed by atoms with Gasteiger partial charge in [-0.25, -0.2) is 0 Å². The molecule has 0 saturated carbocycles. The minimum absolute atomic E-state index is 0.0942. The zero-order valence-corrected chi connectivity index (χ0v) is 19.5. The predicted octanol–water partition coefficient (Wildman–Crippen LogP) is 4.38. The number of hydrogen-bond acceptors (Lipinski definition) is 4. The number of fused-ring (bicyclic) bond motifs is 1. The van der Waals surface area contributed by atoms with Crippen molar-refractivity contribution in [3.8, 4) is 0 Å². The van der Waals surface area contributed by atoms with Crippen molar-refractivity contribution in [1.29, 1.82) is 0 Å². The van der Waals surface area contributed by atoms with Gasteiger partial charge in [-0.15, -0.1) is 0 Å². The summed E-state index contributed by atoms with van der Waals surface area (Å²) in [5.74, 6) is -1.30. The van der Waals surface area contributed by atoms with E-state index in [4.69, 9.17) is 11.6 Å². The SMILES string of the molecule is C[C@@H]1CC(=O)Nc2ccccc2N1C(=O)CN(C)[C@@H](C)C(=O)Nc1ccc(Cl)cc1C(F)(F)F. The first-order valence-electron chi connectivity index (χ1n) is 10.5.